The zero-order valence-electron chi connectivity index (χ0n) is 11.8. The Hall–Kier alpha value is -0.340. The van der Waals surface area contributed by atoms with E-state index in [0.29, 0.717) is 0 Å². The number of nitrogens with one attached hydrogen (secondary N) is 1. The molecule has 0 saturated heterocycles. The van der Waals surface area contributed by atoms with Gasteiger partial charge in [0.2, 0.25) is 0 Å². The average molecular weight is 265 g/mol. The molecule has 0 aliphatic heterocycles. The van der Waals surface area contributed by atoms with E-state index in [1.54, 1.807) is 0 Å². The summed E-state index contributed by atoms with van der Waals surface area (Å²) in [5.74, 6) is 1.92. The van der Waals surface area contributed by atoms with Crippen LogP contribution in [0.2, 0.25) is 0 Å². The number of aryl methyl sites for hydroxylation is 1. The van der Waals surface area contributed by atoms with Gasteiger partial charge in [-0.3, -0.25) is 0 Å². The molecule has 1 nitrogen and oxygen atoms in total. The fraction of sp³-hybridized carbons (Fsp3) is 0.750. The summed E-state index contributed by atoms with van der Waals surface area (Å²) in [6.45, 7) is 2.34. The summed E-state index contributed by atoms with van der Waals surface area (Å²) in [6, 6.07) is 2.99. The van der Waals surface area contributed by atoms with E-state index in [1.165, 1.54) is 50.5 Å². The van der Waals surface area contributed by atoms with Crippen LogP contribution in [-0.2, 0) is 6.42 Å². The van der Waals surface area contributed by atoms with Crippen LogP contribution in [0.15, 0.2) is 16.8 Å². The van der Waals surface area contributed by atoms with Gasteiger partial charge in [-0.2, -0.15) is 11.3 Å². The van der Waals surface area contributed by atoms with Gasteiger partial charge >= 0.3 is 0 Å². The lowest BCUT2D eigenvalue weighted by atomic mass is 9.76. The highest BCUT2D eigenvalue weighted by Gasteiger charge is 2.25. The fourth-order valence-corrected chi connectivity index (χ4v) is 4.07. The highest BCUT2D eigenvalue weighted by molar-refractivity contribution is 7.07. The van der Waals surface area contributed by atoms with Crippen LogP contribution < -0.4 is 5.32 Å². The van der Waals surface area contributed by atoms with Crippen molar-refractivity contribution in [3.63, 3.8) is 0 Å². The second-order valence-electron chi connectivity index (χ2n) is 5.75. The first kappa shape index (κ1) is 14.1. The Labute approximate surface area is 116 Å². The number of thiophene rings is 1. The second kappa shape index (κ2) is 7.30. The van der Waals surface area contributed by atoms with E-state index in [4.69, 9.17) is 0 Å². The molecule has 0 spiro atoms. The number of rotatable bonds is 6. The monoisotopic (exact) mass is 265 g/mol. The first-order valence-corrected chi connectivity index (χ1v) is 8.46. The third-order valence-electron chi connectivity index (χ3n) is 4.73. The predicted octanol–water partition coefficient (Wildman–Crippen LogP) is 4.49. The van der Waals surface area contributed by atoms with E-state index >= 15 is 0 Å². The Morgan fingerprint density at radius 1 is 1.33 bits per heavy atom. The van der Waals surface area contributed by atoms with Crippen molar-refractivity contribution < 1.29 is 0 Å². The molecule has 2 rings (SSSR count). The molecule has 1 N–H and O–H groups in total. The number of hydrogen-bond donors (Lipinski definition) is 1. The molecule has 2 heteroatoms. The van der Waals surface area contributed by atoms with Gasteiger partial charge in [-0.15, -0.1) is 0 Å². The Morgan fingerprint density at radius 3 is 2.67 bits per heavy atom. The van der Waals surface area contributed by atoms with Crippen molar-refractivity contribution in [3.05, 3.63) is 22.4 Å². The first-order chi connectivity index (χ1) is 8.83. The molecule has 1 aliphatic rings. The highest BCUT2D eigenvalue weighted by atomic mass is 32.1. The van der Waals surface area contributed by atoms with Crippen molar-refractivity contribution in [2.45, 2.75) is 57.9 Å². The van der Waals surface area contributed by atoms with Crippen molar-refractivity contribution in [2.75, 3.05) is 7.05 Å². The summed E-state index contributed by atoms with van der Waals surface area (Å²) in [7, 11) is 2.14. The third-order valence-corrected chi connectivity index (χ3v) is 5.46. The van der Waals surface area contributed by atoms with Gasteiger partial charge in [0, 0.05) is 6.04 Å². The molecule has 1 unspecified atom stereocenters. The Balaban J connectivity index is 1.78. The van der Waals surface area contributed by atoms with Gasteiger partial charge in [0.1, 0.15) is 0 Å². The first-order valence-electron chi connectivity index (χ1n) is 7.51. The summed E-state index contributed by atoms with van der Waals surface area (Å²) < 4.78 is 0. The molecule has 1 aromatic rings. The SMILES string of the molecule is CCC1CCC(C(CCc2ccsc2)NC)CC1. The van der Waals surface area contributed by atoms with Crippen LogP contribution >= 0.6 is 11.3 Å². The van der Waals surface area contributed by atoms with Crippen LogP contribution in [0.4, 0.5) is 0 Å². The molecule has 0 aromatic carbocycles. The van der Waals surface area contributed by atoms with Gasteiger partial charge in [-0.05, 0) is 67.0 Å². The quantitative estimate of drug-likeness (QED) is 0.799. The van der Waals surface area contributed by atoms with Gasteiger partial charge in [-0.25, -0.2) is 0 Å². The van der Waals surface area contributed by atoms with Crippen molar-refractivity contribution in [3.8, 4) is 0 Å². The normalized spacial score (nSPS) is 26.1. The van der Waals surface area contributed by atoms with Crippen molar-refractivity contribution in [1.82, 2.24) is 5.32 Å². The van der Waals surface area contributed by atoms with Crippen LogP contribution in [0.3, 0.4) is 0 Å². The second-order valence-corrected chi connectivity index (χ2v) is 6.53. The summed E-state index contributed by atoms with van der Waals surface area (Å²) in [5.41, 5.74) is 1.52. The van der Waals surface area contributed by atoms with Gasteiger partial charge in [0.05, 0.1) is 0 Å². The van der Waals surface area contributed by atoms with Gasteiger partial charge in [0.25, 0.3) is 0 Å². The van der Waals surface area contributed by atoms with E-state index < -0.39 is 0 Å². The molecule has 0 bridgehead atoms. The minimum atomic E-state index is 0.725. The smallest absolute Gasteiger partial charge is 0.00955 e. The molecule has 102 valence electrons. The zero-order chi connectivity index (χ0) is 12.8. The molecule has 0 amide bonds. The Kier molecular flexibility index (Phi) is 5.71. The summed E-state index contributed by atoms with van der Waals surface area (Å²) in [6.07, 6.45) is 9.71. The maximum absolute atomic E-state index is 3.57. The molecule has 1 fully saturated rings. The van der Waals surface area contributed by atoms with E-state index in [0.717, 1.165) is 17.9 Å². The van der Waals surface area contributed by atoms with Crippen molar-refractivity contribution in [2.24, 2.45) is 11.8 Å². The van der Waals surface area contributed by atoms with Crippen LogP contribution in [0, 0.1) is 11.8 Å². The minimum absolute atomic E-state index is 0.725. The summed E-state index contributed by atoms with van der Waals surface area (Å²) in [4.78, 5) is 0. The zero-order valence-corrected chi connectivity index (χ0v) is 12.6. The van der Waals surface area contributed by atoms with Crippen LogP contribution in [0.5, 0.6) is 0 Å². The predicted molar refractivity (Wildman–Crippen MR) is 81.2 cm³/mol. The molecule has 0 radical (unpaired) electrons. The van der Waals surface area contributed by atoms with Crippen molar-refractivity contribution >= 4 is 11.3 Å². The lowest BCUT2D eigenvalue weighted by Gasteiger charge is -2.33. The summed E-state index contributed by atoms with van der Waals surface area (Å²) >= 11 is 1.82. The van der Waals surface area contributed by atoms with Crippen LogP contribution in [-0.4, -0.2) is 13.1 Å². The maximum atomic E-state index is 3.57. The lowest BCUT2D eigenvalue weighted by molar-refractivity contribution is 0.217. The fourth-order valence-electron chi connectivity index (χ4n) is 3.37. The lowest BCUT2D eigenvalue weighted by Crippen LogP contribution is -2.36. The van der Waals surface area contributed by atoms with E-state index in [-0.39, 0.29) is 0 Å². The molecule has 1 heterocycles. The molecular formula is C16H27NS. The van der Waals surface area contributed by atoms with Crippen molar-refractivity contribution in [1.29, 1.82) is 0 Å². The van der Waals surface area contributed by atoms with Crippen LogP contribution in [0.1, 0.15) is 51.0 Å². The Morgan fingerprint density at radius 2 is 2.11 bits per heavy atom. The third kappa shape index (κ3) is 3.83. The van der Waals surface area contributed by atoms with Gasteiger partial charge < -0.3 is 5.32 Å². The highest BCUT2D eigenvalue weighted by Crippen LogP contribution is 2.33. The topological polar surface area (TPSA) is 12.0 Å². The van der Waals surface area contributed by atoms with Crippen LogP contribution in [0.25, 0.3) is 0 Å². The Bertz CT molecular complexity index is 312. The average Bonchev–Trinajstić information content (AvgIpc) is 2.93. The standard InChI is InChI=1S/C16H27NS/c1-3-13-4-7-15(8-5-13)16(17-2)9-6-14-10-11-18-12-14/h10-13,15-17H,3-9H2,1-2H3. The van der Waals surface area contributed by atoms with Gasteiger partial charge in [-0.1, -0.05) is 26.2 Å². The largest absolute Gasteiger partial charge is 0.317 e. The number of hydrogen-bond acceptors (Lipinski definition) is 2. The molecule has 18 heavy (non-hydrogen) atoms. The molecule has 1 atom stereocenters. The van der Waals surface area contributed by atoms with E-state index in [2.05, 4.69) is 36.1 Å². The molecule has 1 saturated carbocycles. The van der Waals surface area contributed by atoms with Gasteiger partial charge in [0.15, 0.2) is 0 Å². The molecule has 1 aromatic heterocycles. The molecule has 1 aliphatic carbocycles. The van der Waals surface area contributed by atoms with E-state index in [9.17, 15) is 0 Å². The summed E-state index contributed by atoms with van der Waals surface area (Å²) in [5, 5.41) is 8.05. The van der Waals surface area contributed by atoms with E-state index in [1.807, 2.05) is 11.3 Å². The minimum Gasteiger partial charge on any atom is -0.317 e. The molecular weight excluding hydrogens is 238 g/mol. The maximum Gasteiger partial charge on any atom is 0.00955 e.